The summed E-state index contributed by atoms with van der Waals surface area (Å²) in [4.78, 5) is 0. The molecule has 0 spiro atoms. The Morgan fingerprint density at radius 3 is 2.00 bits per heavy atom. The van der Waals surface area contributed by atoms with Crippen molar-refractivity contribution in [3.8, 4) is 22.3 Å². The van der Waals surface area contributed by atoms with E-state index in [1.807, 2.05) is 30.3 Å². The van der Waals surface area contributed by atoms with Gasteiger partial charge in [-0.05, 0) is 40.8 Å². The summed E-state index contributed by atoms with van der Waals surface area (Å²) >= 11 is 0. The van der Waals surface area contributed by atoms with Crippen LogP contribution >= 0.6 is 0 Å². The van der Waals surface area contributed by atoms with E-state index in [4.69, 9.17) is 0 Å². The molecule has 0 aliphatic carbocycles. The first-order valence-corrected chi connectivity index (χ1v) is 7.54. The fourth-order valence-electron chi connectivity index (χ4n) is 2.76. The molecule has 0 bridgehead atoms. The van der Waals surface area contributed by atoms with Crippen molar-refractivity contribution in [1.29, 1.82) is 0 Å². The molecule has 0 N–H and O–H groups in total. The highest BCUT2D eigenvalue weighted by Crippen LogP contribution is 2.33. The van der Waals surface area contributed by atoms with Gasteiger partial charge in [0.1, 0.15) is 5.82 Å². The molecule has 0 radical (unpaired) electrons. The smallest absolute Gasteiger partial charge is 0.194 e. The van der Waals surface area contributed by atoms with Crippen molar-refractivity contribution in [1.82, 2.24) is 0 Å². The van der Waals surface area contributed by atoms with Crippen LogP contribution in [-0.4, -0.2) is 0 Å². The van der Waals surface area contributed by atoms with Gasteiger partial charge in [0.15, 0.2) is 17.5 Å². The van der Waals surface area contributed by atoms with Gasteiger partial charge in [-0.15, -0.1) is 0 Å². The molecule has 0 aromatic heterocycles. The van der Waals surface area contributed by atoms with Crippen molar-refractivity contribution in [2.75, 3.05) is 0 Å². The lowest BCUT2D eigenvalue weighted by Crippen LogP contribution is -2.01. The highest BCUT2D eigenvalue weighted by atomic mass is 19.2. The first kappa shape index (κ1) is 16.2. The molecular formula is C20H14F4. The molecule has 24 heavy (non-hydrogen) atoms. The third kappa shape index (κ3) is 2.80. The van der Waals surface area contributed by atoms with E-state index in [1.165, 1.54) is 12.1 Å². The Labute approximate surface area is 137 Å². The van der Waals surface area contributed by atoms with E-state index in [-0.39, 0.29) is 23.1 Å². The van der Waals surface area contributed by atoms with Crippen molar-refractivity contribution in [2.24, 2.45) is 0 Å². The molecule has 0 amide bonds. The van der Waals surface area contributed by atoms with Crippen LogP contribution in [0.2, 0.25) is 0 Å². The average Bonchev–Trinajstić information content (AvgIpc) is 2.60. The zero-order valence-corrected chi connectivity index (χ0v) is 12.9. The second-order valence-electron chi connectivity index (χ2n) is 5.43. The van der Waals surface area contributed by atoms with Crippen LogP contribution in [0, 0.1) is 23.3 Å². The minimum atomic E-state index is -1.53. The van der Waals surface area contributed by atoms with E-state index in [2.05, 4.69) is 0 Å². The van der Waals surface area contributed by atoms with Gasteiger partial charge >= 0.3 is 0 Å². The molecule has 122 valence electrons. The average molecular weight is 330 g/mol. The summed E-state index contributed by atoms with van der Waals surface area (Å²) in [7, 11) is 0. The van der Waals surface area contributed by atoms with Gasteiger partial charge in [-0.1, -0.05) is 49.4 Å². The van der Waals surface area contributed by atoms with Crippen LogP contribution < -0.4 is 0 Å². The minimum absolute atomic E-state index is 0.0333. The van der Waals surface area contributed by atoms with Crippen LogP contribution in [0.1, 0.15) is 12.5 Å². The second-order valence-corrected chi connectivity index (χ2v) is 5.43. The lowest BCUT2D eigenvalue weighted by molar-refractivity contribution is 0.442. The summed E-state index contributed by atoms with van der Waals surface area (Å²) in [5.74, 6) is -4.74. The van der Waals surface area contributed by atoms with E-state index >= 15 is 0 Å². The Morgan fingerprint density at radius 1 is 0.667 bits per heavy atom. The van der Waals surface area contributed by atoms with E-state index in [0.29, 0.717) is 5.56 Å². The minimum Gasteiger partial charge on any atom is -0.206 e. The topological polar surface area (TPSA) is 0 Å². The zero-order chi connectivity index (χ0) is 17.3. The molecule has 0 nitrogen and oxygen atoms in total. The standard InChI is InChI=1S/C20H14F4/c1-2-14-16(11-18(22)20(24)19(14)23)15-9-8-13(10-17(15)21)12-6-4-3-5-7-12/h3-11H,2H2,1H3. The van der Waals surface area contributed by atoms with Gasteiger partial charge in [0.05, 0.1) is 0 Å². The Kier molecular flexibility index (Phi) is 4.38. The van der Waals surface area contributed by atoms with Gasteiger partial charge in [0, 0.05) is 5.56 Å². The van der Waals surface area contributed by atoms with Crippen LogP contribution in [0.25, 0.3) is 22.3 Å². The Balaban J connectivity index is 2.15. The first-order valence-electron chi connectivity index (χ1n) is 7.54. The summed E-state index contributed by atoms with van der Waals surface area (Å²) in [5.41, 5.74) is 1.52. The van der Waals surface area contributed by atoms with Crippen molar-refractivity contribution in [3.63, 3.8) is 0 Å². The molecule has 0 saturated heterocycles. The molecular weight excluding hydrogens is 316 g/mol. The monoisotopic (exact) mass is 330 g/mol. The summed E-state index contributed by atoms with van der Waals surface area (Å²) in [6.45, 7) is 1.61. The quantitative estimate of drug-likeness (QED) is 0.400. The molecule has 3 aromatic rings. The van der Waals surface area contributed by atoms with Crippen molar-refractivity contribution in [3.05, 3.63) is 83.4 Å². The molecule has 0 unspecified atom stereocenters. The van der Waals surface area contributed by atoms with Crippen LogP contribution in [0.15, 0.2) is 54.6 Å². The molecule has 0 aliphatic rings. The number of benzene rings is 3. The van der Waals surface area contributed by atoms with E-state index in [1.54, 1.807) is 13.0 Å². The summed E-state index contributed by atoms with van der Waals surface area (Å²) < 4.78 is 55.5. The van der Waals surface area contributed by atoms with Crippen LogP contribution in [0.5, 0.6) is 0 Å². The number of hydrogen-bond donors (Lipinski definition) is 0. The summed E-state index contributed by atoms with van der Waals surface area (Å²) in [5, 5.41) is 0. The molecule has 3 aromatic carbocycles. The molecule has 4 heteroatoms. The van der Waals surface area contributed by atoms with Crippen LogP contribution in [-0.2, 0) is 6.42 Å². The van der Waals surface area contributed by atoms with Gasteiger partial charge in [-0.25, -0.2) is 17.6 Å². The number of hydrogen-bond acceptors (Lipinski definition) is 0. The molecule has 0 saturated carbocycles. The maximum absolute atomic E-state index is 14.6. The van der Waals surface area contributed by atoms with E-state index in [9.17, 15) is 17.6 Å². The Hall–Kier alpha value is -2.62. The third-order valence-electron chi connectivity index (χ3n) is 3.98. The molecule has 3 rings (SSSR count). The van der Waals surface area contributed by atoms with Gasteiger partial charge < -0.3 is 0 Å². The van der Waals surface area contributed by atoms with Gasteiger partial charge in [0.25, 0.3) is 0 Å². The molecule has 0 atom stereocenters. The van der Waals surface area contributed by atoms with Crippen molar-refractivity contribution < 1.29 is 17.6 Å². The first-order chi connectivity index (χ1) is 11.5. The Morgan fingerprint density at radius 2 is 1.38 bits per heavy atom. The van der Waals surface area contributed by atoms with Gasteiger partial charge in [-0.2, -0.15) is 0 Å². The lowest BCUT2D eigenvalue weighted by Gasteiger charge is -2.13. The highest BCUT2D eigenvalue weighted by molar-refractivity contribution is 5.73. The van der Waals surface area contributed by atoms with Crippen molar-refractivity contribution in [2.45, 2.75) is 13.3 Å². The van der Waals surface area contributed by atoms with Crippen LogP contribution in [0.4, 0.5) is 17.6 Å². The van der Waals surface area contributed by atoms with E-state index in [0.717, 1.165) is 11.6 Å². The lowest BCUT2D eigenvalue weighted by atomic mass is 9.94. The SMILES string of the molecule is CCc1c(-c2ccc(-c3ccccc3)cc2F)cc(F)c(F)c1F. The van der Waals surface area contributed by atoms with E-state index < -0.39 is 23.3 Å². The fraction of sp³-hybridized carbons (Fsp3) is 0.100. The zero-order valence-electron chi connectivity index (χ0n) is 12.9. The van der Waals surface area contributed by atoms with Crippen LogP contribution in [0.3, 0.4) is 0 Å². The summed E-state index contributed by atoms with van der Waals surface area (Å²) in [6.07, 6.45) is 0.123. The van der Waals surface area contributed by atoms with Gasteiger partial charge in [0.2, 0.25) is 0 Å². The normalized spacial score (nSPS) is 10.9. The largest absolute Gasteiger partial charge is 0.206 e. The third-order valence-corrected chi connectivity index (χ3v) is 3.98. The predicted octanol–water partition coefficient (Wildman–Crippen LogP) is 6.14. The number of rotatable bonds is 3. The van der Waals surface area contributed by atoms with Gasteiger partial charge in [-0.3, -0.25) is 0 Å². The number of halogens is 4. The Bertz CT molecular complexity index is 886. The second kappa shape index (κ2) is 6.48. The molecule has 0 fully saturated rings. The molecule has 0 heterocycles. The maximum atomic E-state index is 14.6. The fourth-order valence-corrected chi connectivity index (χ4v) is 2.76. The predicted molar refractivity (Wildman–Crippen MR) is 86.5 cm³/mol. The van der Waals surface area contributed by atoms with Crippen molar-refractivity contribution >= 4 is 0 Å². The summed E-state index contributed by atoms with van der Waals surface area (Å²) in [6, 6.07) is 14.5. The maximum Gasteiger partial charge on any atom is 0.194 e. The highest BCUT2D eigenvalue weighted by Gasteiger charge is 2.20. The molecule has 0 aliphatic heterocycles.